The van der Waals surface area contributed by atoms with Gasteiger partial charge in [-0.2, -0.15) is 0 Å². The number of sulfonamides is 1. The van der Waals surface area contributed by atoms with Crippen molar-refractivity contribution in [2.45, 2.75) is 12.5 Å². The van der Waals surface area contributed by atoms with Crippen LogP contribution in [0.5, 0.6) is 0 Å². The van der Waals surface area contributed by atoms with Crippen LogP contribution in [0.2, 0.25) is 0 Å². The summed E-state index contributed by atoms with van der Waals surface area (Å²) in [5.74, 6) is 0.533. The number of nitro groups is 1. The highest BCUT2D eigenvalue weighted by Crippen LogP contribution is 2.17. The van der Waals surface area contributed by atoms with Crippen LogP contribution in [-0.4, -0.2) is 83.0 Å². The zero-order valence-corrected chi connectivity index (χ0v) is 30.7. The third-order valence-corrected chi connectivity index (χ3v) is 7.97. The van der Waals surface area contributed by atoms with Gasteiger partial charge in [0.05, 0.1) is 18.3 Å². The van der Waals surface area contributed by atoms with Crippen molar-refractivity contribution in [2.24, 2.45) is 0 Å². The number of carbonyl (C=O) groups is 1. The van der Waals surface area contributed by atoms with Gasteiger partial charge in [-0.05, 0) is 77.5 Å². The zero-order chi connectivity index (χ0) is 39.0. The van der Waals surface area contributed by atoms with Gasteiger partial charge in [-0.15, -0.1) is 0 Å². The average molecular weight is 809 g/mol. The number of esters is 1. The van der Waals surface area contributed by atoms with Gasteiger partial charge in [0.2, 0.25) is 10.0 Å². The average Bonchev–Trinajstić information content (AvgIpc) is 3.13. The fourth-order valence-electron chi connectivity index (χ4n) is 4.28. The normalized spacial score (nSPS) is 11.0. The summed E-state index contributed by atoms with van der Waals surface area (Å²) in [5, 5.41) is 52.6. The van der Waals surface area contributed by atoms with Gasteiger partial charge in [0, 0.05) is 28.1 Å². The van der Waals surface area contributed by atoms with E-state index in [1.165, 1.54) is 19.2 Å². The Hall–Kier alpha value is -5.21. The molecule has 2 aromatic heterocycles. The van der Waals surface area contributed by atoms with Crippen molar-refractivity contribution in [2.75, 3.05) is 24.0 Å². The standard InChI is InChI=1S/C11H10BN3O4.C11H11BN2O2.C11H14BrNO4S/c16-12(17)8-2-1-3-9(6-8)14-11-5-4-10(7-13-11)15(18)19;15-12(16)9-4-3-5-10(8-9)14-11-6-1-2-7-13-11;1-17-11(14)10(13-18(2,15)16)7-8-3-5-9(12)6-4-8/h1-7,16-17H,(H,13,14);1-8,15-16H,(H,13,14);3-6,10,13H,7H2,1-2H3/t;;10-/m..0/s1. The van der Waals surface area contributed by atoms with E-state index in [2.05, 4.69) is 46.0 Å². The van der Waals surface area contributed by atoms with Crippen molar-refractivity contribution in [1.29, 1.82) is 0 Å². The van der Waals surface area contributed by atoms with Crippen LogP contribution < -0.4 is 26.3 Å². The predicted molar refractivity (Wildman–Crippen MR) is 206 cm³/mol. The fourth-order valence-corrected chi connectivity index (χ4v) is 5.25. The molecule has 0 aliphatic carbocycles. The number of methoxy groups -OCH3 is 1. The molecule has 5 rings (SSSR count). The Kier molecular flexibility index (Phi) is 16.5. The van der Waals surface area contributed by atoms with Gasteiger partial charge < -0.3 is 35.5 Å². The van der Waals surface area contributed by atoms with Crippen LogP contribution in [-0.2, 0) is 26.0 Å². The molecule has 0 bridgehead atoms. The number of nitrogens with one attached hydrogen (secondary N) is 3. The summed E-state index contributed by atoms with van der Waals surface area (Å²) in [4.78, 5) is 29.5. The number of ether oxygens (including phenoxy) is 1. The maximum atomic E-state index is 11.5. The minimum atomic E-state index is -3.47. The first kappa shape index (κ1) is 42.2. The van der Waals surface area contributed by atoms with E-state index < -0.39 is 41.2 Å². The number of anilines is 4. The van der Waals surface area contributed by atoms with Gasteiger partial charge in [0.1, 0.15) is 23.9 Å². The van der Waals surface area contributed by atoms with Gasteiger partial charge in [-0.25, -0.2) is 23.1 Å². The molecule has 0 spiro atoms. The Morgan fingerprint density at radius 1 is 0.849 bits per heavy atom. The van der Waals surface area contributed by atoms with Crippen LogP contribution >= 0.6 is 15.9 Å². The highest BCUT2D eigenvalue weighted by Gasteiger charge is 2.23. The smallest absolute Gasteiger partial charge is 0.468 e. The van der Waals surface area contributed by atoms with Crippen molar-refractivity contribution in [1.82, 2.24) is 14.7 Å². The topological polar surface area (TPSA) is 246 Å². The molecule has 5 aromatic rings. The molecule has 7 N–H and O–H groups in total. The second-order valence-corrected chi connectivity index (χ2v) is 13.6. The van der Waals surface area contributed by atoms with Gasteiger partial charge >= 0.3 is 20.2 Å². The number of pyridine rings is 2. The molecule has 0 amide bonds. The Morgan fingerprint density at radius 3 is 1.85 bits per heavy atom. The van der Waals surface area contributed by atoms with Crippen LogP contribution in [0, 0.1) is 10.1 Å². The third-order valence-electron chi connectivity index (χ3n) is 6.73. The molecule has 2 heterocycles. The highest BCUT2D eigenvalue weighted by atomic mass is 79.9. The van der Waals surface area contributed by atoms with Gasteiger partial charge in [0.15, 0.2) is 0 Å². The molecule has 53 heavy (non-hydrogen) atoms. The number of halogens is 1. The summed E-state index contributed by atoms with van der Waals surface area (Å²) in [5.41, 5.74) is 2.90. The molecule has 20 heteroatoms. The predicted octanol–water partition coefficient (Wildman–Crippen LogP) is 2.00. The quantitative estimate of drug-likeness (QED) is 0.0413. The summed E-state index contributed by atoms with van der Waals surface area (Å²) >= 11 is 3.30. The van der Waals surface area contributed by atoms with E-state index in [1.54, 1.807) is 48.7 Å². The monoisotopic (exact) mass is 808 g/mol. The van der Waals surface area contributed by atoms with Crippen LogP contribution in [0.15, 0.2) is 120 Å². The number of aromatic nitrogens is 2. The molecule has 0 saturated heterocycles. The molecule has 0 aliphatic heterocycles. The molecule has 1 atom stereocenters. The second kappa shape index (κ2) is 20.7. The minimum Gasteiger partial charge on any atom is -0.468 e. The summed E-state index contributed by atoms with van der Waals surface area (Å²) in [6, 6.07) is 28.1. The van der Waals surface area contributed by atoms with Gasteiger partial charge in [0.25, 0.3) is 5.69 Å². The summed E-state index contributed by atoms with van der Waals surface area (Å²) in [6.07, 6.45) is 4.08. The van der Waals surface area contributed by atoms with Crippen molar-refractivity contribution in [3.63, 3.8) is 0 Å². The number of nitrogens with zero attached hydrogens (tertiary/aromatic N) is 3. The minimum absolute atomic E-state index is 0.0925. The van der Waals surface area contributed by atoms with Crippen LogP contribution in [0.3, 0.4) is 0 Å². The molecule has 0 radical (unpaired) electrons. The van der Waals surface area contributed by atoms with Crippen LogP contribution in [0.4, 0.5) is 28.7 Å². The lowest BCUT2D eigenvalue weighted by atomic mass is 9.80. The molecular formula is C33H35B2BrN6O10S. The lowest BCUT2D eigenvalue weighted by molar-refractivity contribution is -0.385. The molecule has 276 valence electrons. The Labute approximate surface area is 314 Å². The first-order valence-corrected chi connectivity index (χ1v) is 18.1. The first-order valence-electron chi connectivity index (χ1n) is 15.4. The van der Waals surface area contributed by atoms with Crippen molar-refractivity contribution in [3.8, 4) is 0 Å². The largest absolute Gasteiger partial charge is 0.488 e. The maximum absolute atomic E-state index is 11.5. The first-order chi connectivity index (χ1) is 25.1. The molecule has 0 fully saturated rings. The SMILES string of the molecule is COC(=O)[C@H](Cc1ccc(Br)cc1)NS(C)(=O)=O.O=[N+]([O-])c1ccc(Nc2cccc(B(O)O)c2)nc1.OB(O)c1cccc(Nc2ccccn2)c1. The fraction of sp³-hybridized carbons (Fsp3) is 0.121. The molecule has 3 aromatic carbocycles. The van der Waals surface area contributed by atoms with E-state index in [4.69, 9.17) is 20.1 Å². The highest BCUT2D eigenvalue weighted by molar-refractivity contribution is 9.10. The summed E-state index contributed by atoms with van der Waals surface area (Å²) in [7, 11) is -5.25. The van der Waals surface area contributed by atoms with Gasteiger partial charge in [-0.3, -0.25) is 14.9 Å². The number of hydrogen-bond donors (Lipinski definition) is 7. The maximum Gasteiger partial charge on any atom is 0.488 e. The van der Waals surface area contributed by atoms with E-state index in [0.717, 1.165) is 28.2 Å². The van der Waals surface area contributed by atoms with Crippen molar-refractivity contribution < 1.29 is 43.0 Å². The molecule has 0 unspecified atom stereocenters. The molecular weight excluding hydrogens is 774 g/mol. The summed E-state index contributed by atoms with van der Waals surface area (Å²) < 4.78 is 30.1. The zero-order valence-electron chi connectivity index (χ0n) is 28.3. The lowest BCUT2D eigenvalue weighted by Gasteiger charge is -2.15. The van der Waals surface area contributed by atoms with Crippen molar-refractivity contribution in [3.05, 3.63) is 136 Å². The Morgan fingerprint density at radius 2 is 1.42 bits per heavy atom. The number of hydrogen-bond acceptors (Lipinski definition) is 14. The summed E-state index contributed by atoms with van der Waals surface area (Å²) in [6.45, 7) is 0. The molecule has 0 aliphatic rings. The van der Waals surface area contributed by atoms with Crippen LogP contribution in [0.25, 0.3) is 0 Å². The van der Waals surface area contributed by atoms with Crippen LogP contribution in [0.1, 0.15) is 5.56 Å². The second-order valence-electron chi connectivity index (χ2n) is 10.9. The number of benzene rings is 3. The van der Waals surface area contributed by atoms with E-state index in [0.29, 0.717) is 28.2 Å². The lowest BCUT2D eigenvalue weighted by Crippen LogP contribution is -2.42. The van der Waals surface area contributed by atoms with Gasteiger partial charge in [-0.1, -0.05) is 58.4 Å². The Bertz CT molecular complexity index is 2030. The van der Waals surface area contributed by atoms with E-state index >= 15 is 0 Å². The van der Waals surface area contributed by atoms with E-state index in [9.17, 15) is 23.3 Å². The molecule has 0 saturated carbocycles. The number of rotatable bonds is 12. The Balaban J connectivity index is 0.000000215. The number of carbonyl (C=O) groups excluding carboxylic acids is 1. The van der Waals surface area contributed by atoms with E-state index in [-0.39, 0.29) is 12.1 Å². The molecule has 16 nitrogen and oxygen atoms in total. The van der Waals surface area contributed by atoms with E-state index in [1.807, 2.05) is 48.5 Å². The third kappa shape index (κ3) is 15.5. The van der Waals surface area contributed by atoms with Crippen molar-refractivity contribution >= 4 is 85.8 Å².